The van der Waals surface area contributed by atoms with Crippen LogP contribution in [0, 0.1) is 0 Å². The Morgan fingerprint density at radius 3 is 2.71 bits per heavy atom. The van der Waals surface area contributed by atoms with E-state index in [-0.39, 0.29) is 0 Å². The maximum absolute atomic E-state index is 4.11. The monoisotopic (exact) mass is 228 g/mol. The predicted molar refractivity (Wildman–Crippen MR) is 70.9 cm³/mol. The van der Waals surface area contributed by atoms with Crippen LogP contribution in [0.4, 0.5) is 0 Å². The van der Waals surface area contributed by atoms with Crippen molar-refractivity contribution in [2.24, 2.45) is 0 Å². The molecule has 90 valence electrons. The fourth-order valence-electron chi connectivity index (χ4n) is 2.19. The summed E-state index contributed by atoms with van der Waals surface area (Å²) in [5.74, 6) is 0.602. The van der Waals surface area contributed by atoms with Crippen molar-refractivity contribution in [1.29, 1.82) is 0 Å². The van der Waals surface area contributed by atoms with Crippen LogP contribution in [0.15, 0.2) is 49.1 Å². The second kappa shape index (κ2) is 6.24. The number of hydrogen-bond acceptors (Lipinski definition) is 1. The molecule has 0 radical (unpaired) electrons. The standard InChI is InChI=1S/C15H20N2/c1-2-3-7-15(12-17-11-10-16-13-17)14-8-5-4-6-9-14/h4-6,8-11,13,15H,2-3,7,12H2,1H3. The largest absolute Gasteiger partial charge is 0.337 e. The topological polar surface area (TPSA) is 17.8 Å². The zero-order valence-corrected chi connectivity index (χ0v) is 10.4. The minimum Gasteiger partial charge on any atom is -0.337 e. The average Bonchev–Trinajstić information content (AvgIpc) is 2.88. The van der Waals surface area contributed by atoms with Crippen LogP contribution in [-0.2, 0) is 6.54 Å². The molecule has 0 saturated carbocycles. The number of benzene rings is 1. The smallest absolute Gasteiger partial charge is 0.0946 e. The molecule has 1 aromatic carbocycles. The number of rotatable bonds is 6. The summed E-state index contributed by atoms with van der Waals surface area (Å²) in [6.07, 6.45) is 9.59. The molecule has 1 aromatic heterocycles. The van der Waals surface area contributed by atoms with Gasteiger partial charge in [0.1, 0.15) is 0 Å². The fourth-order valence-corrected chi connectivity index (χ4v) is 2.19. The lowest BCUT2D eigenvalue weighted by molar-refractivity contribution is 0.505. The molecule has 1 unspecified atom stereocenters. The Morgan fingerprint density at radius 2 is 2.06 bits per heavy atom. The Labute approximate surface area is 103 Å². The van der Waals surface area contributed by atoms with Crippen molar-refractivity contribution >= 4 is 0 Å². The van der Waals surface area contributed by atoms with E-state index in [1.54, 1.807) is 0 Å². The summed E-state index contributed by atoms with van der Waals surface area (Å²) in [5.41, 5.74) is 1.44. The summed E-state index contributed by atoms with van der Waals surface area (Å²) in [7, 11) is 0. The lowest BCUT2D eigenvalue weighted by atomic mass is 9.93. The van der Waals surface area contributed by atoms with Crippen molar-refractivity contribution in [3.63, 3.8) is 0 Å². The van der Waals surface area contributed by atoms with E-state index in [9.17, 15) is 0 Å². The first kappa shape index (κ1) is 11.9. The van der Waals surface area contributed by atoms with Crippen molar-refractivity contribution in [3.05, 3.63) is 54.6 Å². The van der Waals surface area contributed by atoms with Gasteiger partial charge in [-0.05, 0) is 12.0 Å². The molecule has 2 nitrogen and oxygen atoms in total. The van der Waals surface area contributed by atoms with Crippen LogP contribution in [-0.4, -0.2) is 9.55 Å². The third-order valence-corrected chi connectivity index (χ3v) is 3.17. The summed E-state index contributed by atoms with van der Waals surface area (Å²) in [6.45, 7) is 3.28. The van der Waals surface area contributed by atoms with E-state index < -0.39 is 0 Å². The number of aromatic nitrogens is 2. The van der Waals surface area contributed by atoms with E-state index in [0.29, 0.717) is 5.92 Å². The van der Waals surface area contributed by atoms with Crippen LogP contribution in [0.2, 0.25) is 0 Å². The van der Waals surface area contributed by atoms with E-state index in [1.807, 2.05) is 18.7 Å². The Kier molecular flexibility index (Phi) is 4.37. The number of unbranched alkanes of at least 4 members (excludes halogenated alkanes) is 1. The Bertz CT molecular complexity index is 406. The third kappa shape index (κ3) is 3.45. The molecule has 0 aliphatic heterocycles. The highest BCUT2D eigenvalue weighted by molar-refractivity contribution is 5.19. The molecule has 0 N–H and O–H groups in total. The Morgan fingerprint density at radius 1 is 1.24 bits per heavy atom. The number of hydrogen-bond donors (Lipinski definition) is 0. The van der Waals surface area contributed by atoms with E-state index in [2.05, 4.69) is 46.8 Å². The lowest BCUT2D eigenvalue weighted by Gasteiger charge is -2.17. The first-order valence-electron chi connectivity index (χ1n) is 6.41. The number of nitrogens with zero attached hydrogens (tertiary/aromatic N) is 2. The van der Waals surface area contributed by atoms with Crippen molar-refractivity contribution in [2.45, 2.75) is 38.6 Å². The second-order valence-electron chi connectivity index (χ2n) is 4.51. The number of imidazole rings is 1. The summed E-state index contributed by atoms with van der Waals surface area (Å²) in [4.78, 5) is 4.11. The van der Waals surface area contributed by atoms with E-state index in [4.69, 9.17) is 0 Å². The van der Waals surface area contributed by atoms with Crippen LogP contribution >= 0.6 is 0 Å². The van der Waals surface area contributed by atoms with Gasteiger partial charge in [0.2, 0.25) is 0 Å². The quantitative estimate of drug-likeness (QED) is 0.734. The normalized spacial score (nSPS) is 12.5. The molecular formula is C15H20N2. The fraction of sp³-hybridized carbons (Fsp3) is 0.400. The zero-order valence-electron chi connectivity index (χ0n) is 10.4. The molecule has 0 saturated heterocycles. The molecule has 0 aliphatic carbocycles. The van der Waals surface area contributed by atoms with Crippen LogP contribution in [0.1, 0.15) is 37.7 Å². The summed E-state index contributed by atoms with van der Waals surface area (Å²) in [5, 5.41) is 0. The highest BCUT2D eigenvalue weighted by Gasteiger charge is 2.11. The van der Waals surface area contributed by atoms with Gasteiger partial charge in [-0.3, -0.25) is 0 Å². The van der Waals surface area contributed by atoms with Crippen LogP contribution < -0.4 is 0 Å². The van der Waals surface area contributed by atoms with Crippen molar-refractivity contribution in [1.82, 2.24) is 9.55 Å². The average molecular weight is 228 g/mol. The van der Waals surface area contributed by atoms with Crippen molar-refractivity contribution in [3.8, 4) is 0 Å². The van der Waals surface area contributed by atoms with E-state index in [1.165, 1.54) is 24.8 Å². The molecule has 0 aliphatic rings. The first-order valence-corrected chi connectivity index (χ1v) is 6.41. The molecule has 0 bridgehead atoms. The van der Waals surface area contributed by atoms with Gasteiger partial charge in [-0.15, -0.1) is 0 Å². The molecule has 17 heavy (non-hydrogen) atoms. The molecule has 0 amide bonds. The van der Waals surface area contributed by atoms with Crippen molar-refractivity contribution in [2.75, 3.05) is 0 Å². The summed E-state index contributed by atoms with van der Waals surface area (Å²) >= 11 is 0. The van der Waals surface area contributed by atoms with Gasteiger partial charge < -0.3 is 4.57 Å². The Balaban J connectivity index is 2.08. The first-order chi connectivity index (χ1) is 8.40. The molecule has 2 rings (SSSR count). The van der Waals surface area contributed by atoms with Crippen molar-refractivity contribution < 1.29 is 0 Å². The molecular weight excluding hydrogens is 208 g/mol. The maximum atomic E-state index is 4.11. The minimum absolute atomic E-state index is 0.602. The molecule has 0 fully saturated rings. The van der Waals surface area contributed by atoms with Crippen LogP contribution in [0.3, 0.4) is 0 Å². The van der Waals surface area contributed by atoms with Gasteiger partial charge in [-0.1, -0.05) is 50.1 Å². The SMILES string of the molecule is CCCCC(Cn1ccnc1)c1ccccc1. The van der Waals surface area contributed by atoms with Gasteiger partial charge >= 0.3 is 0 Å². The van der Waals surface area contributed by atoms with Gasteiger partial charge in [-0.25, -0.2) is 4.98 Å². The predicted octanol–water partition coefficient (Wildman–Crippen LogP) is 3.86. The molecule has 1 atom stereocenters. The molecule has 2 aromatic rings. The Hall–Kier alpha value is -1.57. The van der Waals surface area contributed by atoms with Gasteiger partial charge in [0.15, 0.2) is 0 Å². The van der Waals surface area contributed by atoms with E-state index >= 15 is 0 Å². The maximum Gasteiger partial charge on any atom is 0.0946 e. The van der Waals surface area contributed by atoms with E-state index in [0.717, 1.165) is 6.54 Å². The zero-order chi connectivity index (χ0) is 11.9. The highest BCUT2D eigenvalue weighted by atomic mass is 15.0. The van der Waals surface area contributed by atoms with Gasteiger partial charge in [-0.2, -0.15) is 0 Å². The lowest BCUT2D eigenvalue weighted by Crippen LogP contribution is -2.08. The minimum atomic E-state index is 0.602. The third-order valence-electron chi connectivity index (χ3n) is 3.17. The van der Waals surface area contributed by atoms with Gasteiger partial charge in [0.25, 0.3) is 0 Å². The van der Waals surface area contributed by atoms with Gasteiger partial charge in [0.05, 0.1) is 6.33 Å². The van der Waals surface area contributed by atoms with Gasteiger partial charge in [0, 0.05) is 24.9 Å². The summed E-state index contributed by atoms with van der Waals surface area (Å²) in [6, 6.07) is 10.8. The second-order valence-corrected chi connectivity index (χ2v) is 4.51. The molecule has 0 spiro atoms. The highest BCUT2D eigenvalue weighted by Crippen LogP contribution is 2.23. The summed E-state index contributed by atoms with van der Waals surface area (Å²) < 4.78 is 2.17. The van der Waals surface area contributed by atoms with Crippen LogP contribution in [0.5, 0.6) is 0 Å². The van der Waals surface area contributed by atoms with Crippen LogP contribution in [0.25, 0.3) is 0 Å². The molecule has 1 heterocycles. The molecule has 2 heteroatoms.